The molecule has 1 fully saturated rings. The van der Waals surface area contributed by atoms with E-state index in [-0.39, 0.29) is 11.3 Å². The van der Waals surface area contributed by atoms with Crippen molar-refractivity contribution in [3.05, 3.63) is 57.9 Å². The van der Waals surface area contributed by atoms with Crippen LogP contribution in [-0.4, -0.2) is 56.4 Å². The van der Waals surface area contributed by atoms with E-state index in [1.54, 1.807) is 10.7 Å². The predicted octanol–water partition coefficient (Wildman–Crippen LogP) is 1.89. The third-order valence-corrected chi connectivity index (χ3v) is 5.46. The molecule has 0 bridgehead atoms. The molecule has 1 saturated heterocycles. The van der Waals surface area contributed by atoms with E-state index in [0.717, 1.165) is 55.3 Å². The number of nitrogens with zero attached hydrogens (tertiary/aromatic N) is 5. The highest BCUT2D eigenvalue weighted by Crippen LogP contribution is 2.17. The molecule has 0 amide bonds. The van der Waals surface area contributed by atoms with Crippen LogP contribution < -0.4 is 10.5 Å². The van der Waals surface area contributed by atoms with Crippen molar-refractivity contribution in [2.45, 2.75) is 33.2 Å². The second kappa shape index (κ2) is 8.16. The fraction of sp³-hybridized carbons (Fsp3) is 0.429. The minimum Gasteiger partial charge on any atom is -0.368 e. The molecule has 3 aromatic heterocycles. The molecule has 1 N–H and O–H groups in total. The summed E-state index contributed by atoms with van der Waals surface area (Å²) in [6.07, 6.45) is 4.77. The quantitative estimate of drug-likeness (QED) is 0.643. The molecular formula is C21H26N6O2. The Kier molecular flexibility index (Phi) is 5.44. The van der Waals surface area contributed by atoms with Gasteiger partial charge in [-0.05, 0) is 18.6 Å². The van der Waals surface area contributed by atoms with Gasteiger partial charge in [-0.1, -0.05) is 13.8 Å². The number of aromatic nitrogens is 4. The number of H-pyrrole nitrogens is 1. The lowest BCUT2D eigenvalue weighted by Gasteiger charge is -2.35. The van der Waals surface area contributed by atoms with Gasteiger partial charge in [0, 0.05) is 57.0 Å². The zero-order valence-corrected chi connectivity index (χ0v) is 16.9. The molecule has 4 heterocycles. The van der Waals surface area contributed by atoms with E-state index in [9.17, 15) is 9.59 Å². The first-order valence-electron chi connectivity index (χ1n) is 10.1. The van der Waals surface area contributed by atoms with Crippen molar-refractivity contribution >= 4 is 17.1 Å². The number of anilines is 1. The van der Waals surface area contributed by atoms with E-state index in [0.29, 0.717) is 18.5 Å². The maximum atomic E-state index is 12.0. The highest BCUT2D eigenvalue weighted by Gasteiger charge is 2.19. The van der Waals surface area contributed by atoms with E-state index >= 15 is 0 Å². The highest BCUT2D eigenvalue weighted by atomic mass is 16.1. The van der Waals surface area contributed by atoms with Crippen molar-refractivity contribution in [1.29, 1.82) is 0 Å². The van der Waals surface area contributed by atoms with Crippen molar-refractivity contribution in [3.8, 4) is 0 Å². The fourth-order valence-electron chi connectivity index (χ4n) is 3.68. The molecule has 0 atom stereocenters. The molecule has 3 aromatic rings. The summed E-state index contributed by atoms with van der Waals surface area (Å²) in [5.74, 6) is 0.0706. The first kappa shape index (κ1) is 19.3. The number of pyridine rings is 1. The maximum absolute atomic E-state index is 12.0. The molecule has 1 aliphatic rings. The summed E-state index contributed by atoms with van der Waals surface area (Å²) in [6, 6.07) is 5.74. The van der Waals surface area contributed by atoms with Gasteiger partial charge in [-0.3, -0.25) is 19.5 Å². The van der Waals surface area contributed by atoms with E-state index in [4.69, 9.17) is 0 Å². The molecule has 0 unspecified atom stereocenters. The number of hydrogen-bond acceptors (Lipinski definition) is 6. The molecule has 0 aliphatic carbocycles. The zero-order valence-electron chi connectivity index (χ0n) is 16.9. The van der Waals surface area contributed by atoms with Crippen molar-refractivity contribution < 1.29 is 4.79 Å². The summed E-state index contributed by atoms with van der Waals surface area (Å²) < 4.78 is 1.76. The first-order chi connectivity index (χ1) is 14.1. The van der Waals surface area contributed by atoms with Gasteiger partial charge < -0.3 is 9.88 Å². The molecule has 0 aromatic carbocycles. The molecule has 29 heavy (non-hydrogen) atoms. The maximum Gasteiger partial charge on any atom is 0.254 e. The first-order valence-corrected chi connectivity index (χ1v) is 10.1. The Balaban J connectivity index is 1.38. The minimum absolute atomic E-state index is 0.0414. The van der Waals surface area contributed by atoms with Gasteiger partial charge in [-0.25, -0.2) is 4.52 Å². The normalized spacial score (nSPS) is 15.2. The van der Waals surface area contributed by atoms with Crippen LogP contribution in [0.25, 0.3) is 5.65 Å². The molecule has 4 rings (SSSR count). The van der Waals surface area contributed by atoms with Crippen LogP contribution in [-0.2, 0) is 13.0 Å². The molecule has 8 heteroatoms. The Labute approximate surface area is 169 Å². The van der Waals surface area contributed by atoms with Gasteiger partial charge in [-0.2, -0.15) is 5.10 Å². The minimum atomic E-state index is -0.0414. The van der Waals surface area contributed by atoms with Crippen molar-refractivity contribution in [3.63, 3.8) is 0 Å². The molecule has 0 radical (unpaired) electrons. The largest absolute Gasteiger partial charge is 0.368 e. The second-order valence-electron chi connectivity index (χ2n) is 7.37. The Morgan fingerprint density at radius 2 is 1.97 bits per heavy atom. The zero-order chi connectivity index (χ0) is 20.4. The Morgan fingerprint density at radius 1 is 1.17 bits per heavy atom. The lowest BCUT2D eigenvalue weighted by atomic mass is 10.2. The Morgan fingerprint density at radius 3 is 2.62 bits per heavy atom. The third-order valence-electron chi connectivity index (χ3n) is 5.46. The van der Waals surface area contributed by atoms with Gasteiger partial charge in [0.15, 0.2) is 5.78 Å². The summed E-state index contributed by atoms with van der Waals surface area (Å²) in [5.41, 5.74) is 3.96. The van der Waals surface area contributed by atoms with Gasteiger partial charge >= 0.3 is 0 Å². The number of hydrogen-bond donors (Lipinski definition) is 1. The standard InChI is InChI=1S/C21H26N6O2/c1-3-15-13-27-20(23-21(15)29)11-16(24-27)14-25-7-9-26(10-8-25)17-5-6-18(22-12-17)19(28)4-2/h5-6,11-13H,3-4,7-10,14H2,1-2H3,(H,23,29). The number of carbonyl (C=O) groups excluding carboxylic acids is 1. The van der Waals surface area contributed by atoms with Gasteiger partial charge in [-0.15, -0.1) is 0 Å². The van der Waals surface area contributed by atoms with Crippen LogP contribution in [0.4, 0.5) is 5.69 Å². The molecule has 152 valence electrons. The van der Waals surface area contributed by atoms with Gasteiger partial charge in [0.05, 0.1) is 17.6 Å². The monoisotopic (exact) mass is 394 g/mol. The number of piperazine rings is 1. The summed E-state index contributed by atoms with van der Waals surface area (Å²) in [7, 11) is 0. The summed E-state index contributed by atoms with van der Waals surface area (Å²) in [5, 5.41) is 4.62. The van der Waals surface area contributed by atoms with E-state index in [1.165, 1.54) is 0 Å². The van der Waals surface area contributed by atoms with Crippen LogP contribution >= 0.6 is 0 Å². The van der Waals surface area contributed by atoms with Crippen LogP contribution in [0.1, 0.15) is 42.0 Å². The molecule has 8 nitrogen and oxygen atoms in total. The number of ketones is 1. The lowest BCUT2D eigenvalue weighted by molar-refractivity contribution is 0.0983. The summed E-state index contributed by atoms with van der Waals surface area (Å²) >= 11 is 0. The lowest BCUT2D eigenvalue weighted by Crippen LogP contribution is -2.46. The smallest absolute Gasteiger partial charge is 0.254 e. The van der Waals surface area contributed by atoms with E-state index < -0.39 is 0 Å². The van der Waals surface area contributed by atoms with Crippen LogP contribution in [0.3, 0.4) is 0 Å². The number of carbonyl (C=O) groups is 1. The van der Waals surface area contributed by atoms with Crippen molar-refractivity contribution in [2.24, 2.45) is 0 Å². The summed E-state index contributed by atoms with van der Waals surface area (Å²) in [6.45, 7) is 8.19. The van der Waals surface area contributed by atoms with Crippen molar-refractivity contribution in [2.75, 3.05) is 31.1 Å². The number of fused-ring (bicyclic) bond motifs is 1. The Hall–Kier alpha value is -3.00. The number of nitrogens with one attached hydrogen (secondary N) is 1. The van der Waals surface area contributed by atoms with E-state index in [1.807, 2.05) is 38.2 Å². The van der Waals surface area contributed by atoms with Crippen LogP contribution in [0.5, 0.6) is 0 Å². The average Bonchev–Trinajstić information content (AvgIpc) is 3.14. The second-order valence-corrected chi connectivity index (χ2v) is 7.37. The van der Waals surface area contributed by atoms with Crippen molar-refractivity contribution in [1.82, 2.24) is 24.5 Å². The third kappa shape index (κ3) is 4.07. The SMILES string of the molecule is CCC(=O)c1ccc(N2CCN(Cc3cc4[nH]c(=O)c(CC)cn4n3)CC2)cn1. The van der Waals surface area contributed by atoms with E-state index in [2.05, 4.69) is 24.9 Å². The number of Topliss-reactive ketones (excluding diaryl/α,β-unsaturated/α-hetero) is 1. The summed E-state index contributed by atoms with van der Waals surface area (Å²) in [4.78, 5) is 35.6. The van der Waals surface area contributed by atoms with Gasteiger partial charge in [0.2, 0.25) is 0 Å². The number of rotatable bonds is 6. The molecule has 1 aliphatic heterocycles. The topological polar surface area (TPSA) is 86.6 Å². The molecule has 0 spiro atoms. The number of aromatic amines is 1. The van der Waals surface area contributed by atoms with Gasteiger partial charge in [0.1, 0.15) is 11.3 Å². The van der Waals surface area contributed by atoms with Crippen LogP contribution in [0.2, 0.25) is 0 Å². The molecular weight excluding hydrogens is 368 g/mol. The predicted molar refractivity (Wildman–Crippen MR) is 112 cm³/mol. The van der Waals surface area contributed by atoms with Gasteiger partial charge in [0.25, 0.3) is 5.56 Å². The number of aryl methyl sites for hydroxylation is 1. The molecule has 0 saturated carbocycles. The highest BCUT2D eigenvalue weighted by molar-refractivity contribution is 5.94. The average molecular weight is 394 g/mol. The fourth-order valence-corrected chi connectivity index (χ4v) is 3.68. The van der Waals surface area contributed by atoms with Crippen LogP contribution in [0.15, 0.2) is 35.4 Å². The van der Waals surface area contributed by atoms with Crippen LogP contribution in [0, 0.1) is 0 Å². The Bertz CT molecular complexity index is 1060.